The van der Waals surface area contributed by atoms with E-state index in [2.05, 4.69) is 15.9 Å². The maximum absolute atomic E-state index is 13.8. The van der Waals surface area contributed by atoms with Crippen molar-refractivity contribution in [2.24, 2.45) is 5.92 Å². The van der Waals surface area contributed by atoms with Gasteiger partial charge in [0.05, 0.1) is 5.25 Å². The number of aromatic nitrogens is 1. The van der Waals surface area contributed by atoms with Crippen LogP contribution in [0.2, 0.25) is 0 Å². The molecule has 9 heteroatoms. The quantitative estimate of drug-likeness (QED) is 0.687. The third-order valence-corrected chi connectivity index (χ3v) is 6.73. The standard InChI is InChI=1S/C17H20BrF3N2O2S/c1-10(2)8-23-9-14(13-6-3-11(18)7-15(13)23)16(17(19,20)21)22-26(24,25)12-4-5-12/h3,6-7,9-10,12,16,22H,4-5,8H2,1-2H3. The summed E-state index contributed by atoms with van der Waals surface area (Å²) in [6, 6.07) is 2.75. The second kappa shape index (κ2) is 6.83. The van der Waals surface area contributed by atoms with E-state index >= 15 is 0 Å². The first-order chi connectivity index (χ1) is 12.0. The van der Waals surface area contributed by atoms with E-state index in [0.29, 0.717) is 30.3 Å². The van der Waals surface area contributed by atoms with E-state index in [9.17, 15) is 21.6 Å². The average Bonchev–Trinajstić information content (AvgIpc) is 3.29. The lowest BCUT2D eigenvalue weighted by Crippen LogP contribution is -2.39. The van der Waals surface area contributed by atoms with E-state index in [4.69, 9.17) is 0 Å². The van der Waals surface area contributed by atoms with Gasteiger partial charge in [-0.25, -0.2) is 8.42 Å². The Hall–Kier alpha value is -1.06. The van der Waals surface area contributed by atoms with Gasteiger partial charge in [-0.1, -0.05) is 35.8 Å². The molecule has 1 aliphatic rings. The predicted octanol–water partition coefficient (Wildman–Crippen LogP) is 4.75. The Morgan fingerprint density at radius 1 is 1.31 bits per heavy atom. The number of fused-ring (bicyclic) bond motifs is 1. The molecule has 1 unspecified atom stereocenters. The molecule has 1 aliphatic carbocycles. The molecule has 0 aliphatic heterocycles. The van der Waals surface area contributed by atoms with Gasteiger partial charge in [0.2, 0.25) is 10.0 Å². The van der Waals surface area contributed by atoms with Gasteiger partial charge in [-0.15, -0.1) is 0 Å². The van der Waals surface area contributed by atoms with Crippen LogP contribution in [0, 0.1) is 5.92 Å². The minimum Gasteiger partial charge on any atom is -0.347 e. The second-order valence-electron chi connectivity index (χ2n) is 7.13. The summed E-state index contributed by atoms with van der Waals surface area (Å²) in [5.41, 5.74) is 0.577. The molecule has 3 rings (SSSR count). The maximum Gasteiger partial charge on any atom is 0.408 e. The van der Waals surface area contributed by atoms with Crippen molar-refractivity contribution >= 4 is 36.9 Å². The number of rotatable bonds is 6. The molecule has 1 fully saturated rings. The highest BCUT2D eigenvalue weighted by molar-refractivity contribution is 9.10. The van der Waals surface area contributed by atoms with E-state index in [0.717, 1.165) is 4.47 Å². The average molecular weight is 453 g/mol. The van der Waals surface area contributed by atoms with Crippen LogP contribution in [0.4, 0.5) is 13.2 Å². The number of alkyl halides is 3. The molecule has 1 aromatic heterocycles. The van der Waals surface area contributed by atoms with Crippen molar-refractivity contribution in [1.82, 2.24) is 9.29 Å². The summed E-state index contributed by atoms with van der Waals surface area (Å²) in [6.45, 7) is 4.48. The highest BCUT2D eigenvalue weighted by atomic mass is 79.9. The molecule has 1 N–H and O–H groups in total. The van der Waals surface area contributed by atoms with Gasteiger partial charge in [-0.05, 0) is 30.9 Å². The van der Waals surface area contributed by atoms with Gasteiger partial charge < -0.3 is 4.57 Å². The highest BCUT2D eigenvalue weighted by Gasteiger charge is 2.47. The van der Waals surface area contributed by atoms with Crippen LogP contribution in [0.5, 0.6) is 0 Å². The number of sulfonamides is 1. The lowest BCUT2D eigenvalue weighted by Gasteiger charge is -2.21. The molecule has 1 atom stereocenters. The molecule has 0 bridgehead atoms. The van der Waals surface area contributed by atoms with Crippen LogP contribution in [0.1, 0.15) is 38.3 Å². The normalized spacial score (nSPS) is 17.2. The third kappa shape index (κ3) is 4.09. The lowest BCUT2D eigenvalue weighted by atomic mass is 10.1. The molecule has 1 aromatic carbocycles. The Bertz CT molecular complexity index is 918. The van der Waals surface area contributed by atoms with Crippen molar-refractivity contribution in [2.45, 2.75) is 50.7 Å². The maximum atomic E-state index is 13.8. The van der Waals surface area contributed by atoms with E-state index in [1.165, 1.54) is 6.20 Å². The van der Waals surface area contributed by atoms with Crippen molar-refractivity contribution < 1.29 is 21.6 Å². The van der Waals surface area contributed by atoms with E-state index in [-0.39, 0.29) is 11.5 Å². The highest BCUT2D eigenvalue weighted by Crippen LogP contribution is 2.40. The predicted molar refractivity (Wildman–Crippen MR) is 98.3 cm³/mol. The molecular weight excluding hydrogens is 433 g/mol. The second-order valence-corrected chi connectivity index (χ2v) is 10.0. The van der Waals surface area contributed by atoms with Crippen LogP contribution in [0.3, 0.4) is 0 Å². The number of benzene rings is 1. The fraction of sp³-hybridized carbons (Fsp3) is 0.529. The smallest absolute Gasteiger partial charge is 0.347 e. The molecule has 26 heavy (non-hydrogen) atoms. The summed E-state index contributed by atoms with van der Waals surface area (Å²) in [7, 11) is -4.00. The summed E-state index contributed by atoms with van der Waals surface area (Å²) >= 11 is 3.35. The number of nitrogens with zero attached hydrogens (tertiary/aromatic N) is 1. The van der Waals surface area contributed by atoms with Gasteiger partial charge in [0.1, 0.15) is 6.04 Å². The zero-order valence-corrected chi connectivity index (χ0v) is 16.7. The molecule has 1 saturated carbocycles. The summed E-state index contributed by atoms with van der Waals surface area (Å²) in [5, 5.41) is -0.319. The Morgan fingerprint density at radius 3 is 2.50 bits per heavy atom. The molecule has 0 spiro atoms. The van der Waals surface area contributed by atoms with Gasteiger partial charge in [-0.3, -0.25) is 0 Å². The molecule has 2 aromatic rings. The van der Waals surface area contributed by atoms with E-state index in [1.54, 1.807) is 22.8 Å². The molecule has 0 radical (unpaired) electrons. The fourth-order valence-corrected chi connectivity index (χ4v) is 4.90. The van der Waals surface area contributed by atoms with Gasteiger partial charge in [-0.2, -0.15) is 17.9 Å². The van der Waals surface area contributed by atoms with Crippen LogP contribution >= 0.6 is 15.9 Å². The number of hydrogen-bond donors (Lipinski definition) is 1. The third-order valence-electron chi connectivity index (χ3n) is 4.32. The van der Waals surface area contributed by atoms with Crippen molar-refractivity contribution in [3.63, 3.8) is 0 Å². The zero-order chi connectivity index (χ0) is 19.3. The van der Waals surface area contributed by atoms with E-state index in [1.807, 2.05) is 18.6 Å². The van der Waals surface area contributed by atoms with Crippen molar-refractivity contribution in [3.8, 4) is 0 Å². The van der Waals surface area contributed by atoms with Crippen LogP contribution in [0.25, 0.3) is 10.9 Å². The van der Waals surface area contributed by atoms with Crippen molar-refractivity contribution in [3.05, 3.63) is 34.4 Å². The van der Waals surface area contributed by atoms with Crippen LogP contribution in [-0.4, -0.2) is 24.4 Å². The lowest BCUT2D eigenvalue weighted by molar-refractivity contribution is -0.152. The van der Waals surface area contributed by atoms with Gasteiger partial charge in [0, 0.05) is 33.7 Å². The van der Waals surface area contributed by atoms with Crippen LogP contribution in [0.15, 0.2) is 28.9 Å². The van der Waals surface area contributed by atoms with Gasteiger partial charge >= 0.3 is 6.18 Å². The molecule has 0 saturated heterocycles. The minimum atomic E-state index is -4.73. The number of hydrogen-bond acceptors (Lipinski definition) is 2. The Kier molecular flexibility index (Phi) is 5.18. The number of halogens is 4. The van der Waals surface area contributed by atoms with Crippen molar-refractivity contribution in [2.75, 3.05) is 0 Å². The first kappa shape index (κ1) is 19.7. The topological polar surface area (TPSA) is 51.1 Å². The number of nitrogens with one attached hydrogen (secondary N) is 1. The Balaban J connectivity index is 2.13. The SMILES string of the molecule is CC(C)Cn1cc(C(NS(=O)(=O)C2CC2)C(F)(F)F)c2ccc(Br)cc21. The largest absolute Gasteiger partial charge is 0.408 e. The molecular formula is C17H20BrF3N2O2S. The Morgan fingerprint density at radius 2 is 1.96 bits per heavy atom. The monoisotopic (exact) mass is 452 g/mol. The summed E-state index contributed by atoms with van der Waals surface area (Å²) in [6.07, 6.45) is -2.50. The summed E-state index contributed by atoms with van der Waals surface area (Å²) in [5.74, 6) is 0.227. The fourth-order valence-electron chi connectivity index (χ4n) is 3.01. The zero-order valence-electron chi connectivity index (χ0n) is 14.3. The first-order valence-electron chi connectivity index (χ1n) is 8.35. The molecule has 4 nitrogen and oxygen atoms in total. The molecule has 144 valence electrons. The van der Waals surface area contributed by atoms with Crippen molar-refractivity contribution in [1.29, 1.82) is 0 Å². The van der Waals surface area contributed by atoms with E-state index < -0.39 is 27.5 Å². The minimum absolute atomic E-state index is 0.0649. The molecule has 0 amide bonds. The summed E-state index contributed by atoms with van der Waals surface area (Å²) < 4.78 is 70.0. The van der Waals surface area contributed by atoms with Crippen LogP contribution in [-0.2, 0) is 16.6 Å². The van der Waals surface area contributed by atoms with Gasteiger partial charge in [0.15, 0.2) is 0 Å². The van der Waals surface area contributed by atoms with Crippen LogP contribution < -0.4 is 4.72 Å². The van der Waals surface area contributed by atoms with Gasteiger partial charge in [0.25, 0.3) is 0 Å². The Labute approximate surface area is 158 Å². The summed E-state index contributed by atoms with van der Waals surface area (Å²) in [4.78, 5) is 0. The molecule has 1 heterocycles. The first-order valence-corrected chi connectivity index (χ1v) is 10.7.